The lowest BCUT2D eigenvalue weighted by Gasteiger charge is -2.25. The van der Waals surface area contributed by atoms with Gasteiger partial charge in [0.2, 0.25) is 5.91 Å². The zero-order chi connectivity index (χ0) is 10.9. The van der Waals surface area contributed by atoms with Crippen molar-refractivity contribution in [2.45, 2.75) is 39.0 Å². The highest BCUT2D eigenvalue weighted by molar-refractivity contribution is 5.85. The third-order valence-electron chi connectivity index (χ3n) is 4.23. The van der Waals surface area contributed by atoms with Crippen LogP contribution < -0.4 is 11.1 Å². The van der Waals surface area contributed by atoms with Gasteiger partial charge in [-0.15, -0.1) is 12.4 Å². The fraction of sp³-hybridized carbons (Fsp3) is 0.917. The van der Waals surface area contributed by atoms with Crippen molar-refractivity contribution in [2.75, 3.05) is 13.1 Å². The predicted octanol–water partition coefficient (Wildman–Crippen LogP) is 1.70. The van der Waals surface area contributed by atoms with Crippen LogP contribution in [0.3, 0.4) is 0 Å². The Kier molecular flexibility index (Phi) is 4.62. The average Bonchev–Trinajstić information content (AvgIpc) is 2.78. The fourth-order valence-electron chi connectivity index (χ4n) is 2.67. The summed E-state index contributed by atoms with van der Waals surface area (Å²) in [6, 6.07) is 0. The molecule has 2 fully saturated rings. The van der Waals surface area contributed by atoms with Gasteiger partial charge in [-0.25, -0.2) is 0 Å². The molecule has 3 nitrogen and oxygen atoms in total. The maximum absolute atomic E-state index is 12.0. The topological polar surface area (TPSA) is 55.1 Å². The Hall–Kier alpha value is -0.280. The third kappa shape index (κ3) is 2.69. The molecular formula is C12H23ClN2O. The Morgan fingerprint density at radius 3 is 2.44 bits per heavy atom. The van der Waals surface area contributed by atoms with Crippen molar-refractivity contribution in [1.29, 1.82) is 0 Å². The number of carbonyl (C=O) groups excluding carboxylic acids is 1. The minimum atomic E-state index is -0.224. The lowest BCUT2D eigenvalue weighted by molar-refractivity contribution is -0.130. The Morgan fingerprint density at radius 1 is 1.44 bits per heavy atom. The summed E-state index contributed by atoms with van der Waals surface area (Å²) < 4.78 is 0. The summed E-state index contributed by atoms with van der Waals surface area (Å²) >= 11 is 0. The highest BCUT2D eigenvalue weighted by Gasteiger charge is 2.41. The zero-order valence-electron chi connectivity index (χ0n) is 10.00. The quantitative estimate of drug-likeness (QED) is 0.793. The molecule has 0 aromatic heterocycles. The van der Waals surface area contributed by atoms with Crippen LogP contribution in [0, 0.1) is 17.3 Å². The van der Waals surface area contributed by atoms with E-state index >= 15 is 0 Å². The lowest BCUT2D eigenvalue weighted by Crippen LogP contribution is -2.44. The molecule has 94 valence electrons. The van der Waals surface area contributed by atoms with Crippen molar-refractivity contribution in [2.24, 2.45) is 23.0 Å². The molecule has 2 unspecified atom stereocenters. The highest BCUT2D eigenvalue weighted by Crippen LogP contribution is 2.39. The molecule has 2 saturated carbocycles. The van der Waals surface area contributed by atoms with Crippen LogP contribution in [0.15, 0.2) is 0 Å². The molecule has 0 heterocycles. The highest BCUT2D eigenvalue weighted by atomic mass is 35.5. The molecule has 2 aliphatic carbocycles. The molecule has 3 N–H and O–H groups in total. The van der Waals surface area contributed by atoms with Gasteiger partial charge in [0.25, 0.3) is 0 Å². The van der Waals surface area contributed by atoms with Gasteiger partial charge < -0.3 is 11.1 Å². The van der Waals surface area contributed by atoms with Crippen molar-refractivity contribution < 1.29 is 4.79 Å². The molecule has 0 bridgehead atoms. The van der Waals surface area contributed by atoms with E-state index in [1.165, 1.54) is 6.42 Å². The molecule has 2 aliphatic rings. The maximum Gasteiger partial charge on any atom is 0.227 e. The van der Waals surface area contributed by atoms with E-state index in [2.05, 4.69) is 12.2 Å². The normalized spacial score (nSPS) is 30.6. The number of halogens is 1. The monoisotopic (exact) mass is 246 g/mol. The molecule has 0 aliphatic heterocycles. The van der Waals surface area contributed by atoms with Gasteiger partial charge >= 0.3 is 0 Å². The molecule has 0 saturated heterocycles. The summed E-state index contributed by atoms with van der Waals surface area (Å²) in [6.45, 7) is 3.62. The van der Waals surface area contributed by atoms with E-state index in [4.69, 9.17) is 5.73 Å². The molecule has 16 heavy (non-hydrogen) atoms. The Bertz CT molecular complexity index is 251. The van der Waals surface area contributed by atoms with Crippen molar-refractivity contribution in [3.8, 4) is 0 Å². The number of amides is 1. The summed E-state index contributed by atoms with van der Waals surface area (Å²) in [7, 11) is 0. The van der Waals surface area contributed by atoms with Crippen LogP contribution in [0.5, 0.6) is 0 Å². The lowest BCUT2D eigenvalue weighted by atomic mass is 9.85. The van der Waals surface area contributed by atoms with Crippen LogP contribution in [0.1, 0.15) is 39.0 Å². The molecule has 2 rings (SSSR count). The van der Waals surface area contributed by atoms with Crippen LogP contribution in [-0.2, 0) is 4.79 Å². The van der Waals surface area contributed by atoms with Gasteiger partial charge in [-0.1, -0.05) is 19.8 Å². The SMILES string of the molecule is CC1CC1CNC(=O)C1(CN)CCCC1.Cl. The number of hydrogen-bond donors (Lipinski definition) is 2. The molecule has 2 atom stereocenters. The largest absolute Gasteiger partial charge is 0.355 e. The van der Waals surface area contributed by atoms with E-state index in [0.29, 0.717) is 6.54 Å². The van der Waals surface area contributed by atoms with Crippen molar-refractivity contribution >= 4 is 18.3 Å². The maximum atomic E-state index is 12.0. The number of nitrogens with one attached hydrogen (secondary N) is 1. The van der Waals surface area contributed by atoms with Gasteiger partial charge in [-0.05, 0) is 31.1 Å². The minimum absolute atomic E-state index is 0. The smallest absolute Gasteiger partial charge is 0.227 e. The van der Waals surface area contributed by atoms with Gasteiger partial charge in [0.05, 0.1) is 5.41 Å². The van der Waals surface area contributed by atoms with Crippen LogP contribution in [-0.4, -0.2) is 19.0 Å². The van der Waals surface area contributed by atoms with Crippen molar-refractivity contribution in [1.82, 2.24) is 5.32 Å². The zero-order valence-corrected chi connectivity index (χ0v) is 10.8. The second-order valence-electron chi connectivity index (χ2n) is 5.37. The number of rotatable bonds is 4. The summed E-state index contributed by atoms with van der Waals surface area (Å²) in [5, 5.41) is 3.09. The van der Waals surface area contributed by atoms with Crippen LogP contribution >= 0.6 is 12.4 Å². The standard InChI is InChI=1S/C12H22N2O.ClH/c1-9-6-10(9)7-14-11(15)12(8-13)4-2-3-5-12;/h9-10H,2-8,13H2,1H3,(H,14,15);1H. The van der Waals surface area contributed by atoms with E-state index in [-0.39, 0.29) is 23.7 Å². The summed E-state index contributed by atoms with van der Waals surface area (Å²) in [6.07, 6.45) is 5.55. The van der Waals surface area contributed by atoms with Gasteiger partial charge in [0.1, 0.15) is 0 Å². The molecule has 1 amide bonds. The number of hydrogen-bond acceptors (Lipinski definition) is 2. The first-order valence-corrected chi connectivity index (χ1v) is 6.16. The van der Waals surface area contributed by atoms with Crippen LogP contribution in [0.2, 0.25) is 0 Å². The first kappa shape index (κ1) is 13.8. The van der Waals surface area contributed by atoms with Crippen LogP contribution in [0.25, 0.3) is 0 Å². The molecular weight excluding hydrogens is 224 g/mol. The first-order chi connectivity index (χ1) is 7.18. The van der Waals surface area contributed by atoms with E-state index in [0.717, 1.165) is 44.1 Å². The van der Waals surface area contributed by atoms with Gasteiger partial charge in [-0.2, -0.15) is 0 Å². The number of carbonyl (C=O) groups is 1. The van der Waals surface area contributed by atoms with Crippen molar-refractivity contribution in [3.05, 3.63) is 0 Å². The molecule has 0 spiro atoms. The van der Waals surface area contributed by atoms with Gasteiger partial charge in [0, 0.05) is 13.1 Å². The Labute approximate surface area is 104 Å². The van der Waals surface area contributed by atoms with Crippen molar-refractivity contribution in [3.63, 3.8) is 0 Å². The van der Waals surface area contributed by atoms with E-state index in [1.54, 1.807) is 0 Å². The predicted molar refractivity (Wildman–Crippen MR) is 67.5 cm³/mol. The number of nitrogens with two attached hydrogens (primary N) is 1. The first-order valence-electron chi connectivity index (χ1n) is 6.16. The minimum Gasteiger partial charge on any atom is -0.355 e. The third-order valence-corrected chi connectivity index (χ3v) is 4.23. The van der Waals surface area contributed by atoms with Crippen LogP contribution in [0.4, 0.5) is 0 Å². The molecule has 0 radical (unpaired) electrons. The molecule has 0 aromatic rings. The van der Waals surface area contributed by atoms with E-state index < -0.39 is 0 Å². The summed E-state index contributed by atoms with van der Waals surface area (Å²) in [5.74, 6) is 1.74. The van der Waals surface area contributed by atoms with Gasteiger partial charge in [0.15, 0.2) is 0 Å². The average molecular weight is 247 g/mol. The van der Waals surface area contributed by atoms with Gasteiger partial charge in [-0.3, -0.25) is 4.79 Å². The fourth-order valence-corrected chi connectivity index (χ4v) is 2.67. The van der Waals surface area contributed by atoms with E-state index in [9.17, 15) is 4.79 Å². The molecule has 4 heteroatoms. The second-order valence-corrected chi connectivity index (χ2v) is 5.37. The Morgan fingerprint density at radius 2 is 2.00 bits per heavy atom. The molecule has 0 aromatic carbocycles. The summed E-state index contributed by atoms with van der Waals surface area (Å²) in [5.41, 5.74) is 5.53. The Balaban J connectivity index is 0.00000128. The summed E-state index contributed by atoms with van der Waals surface area (Å²) in [4.78, 5) is 12.0. The second kappa shape index (κ2) is 5.37. The van der Waals surface area contributed by atoms with E-state index in [1.807, 2.05) is 0 Å².